The summed E-state index contributed by atoms with van der Waals surface area (Å²) in [6.07, 6.45) is 2.50. The van der Waals surface area contributed by atoms with Crippen molar-refractivity contribution in [2.75, 3.05) is 13.3 Å². The molecule has 4 heterocycles. The minimum atomic E-state index is -2.40. The summed E-state index contributed by atoms with van der Waals surface area (Å²) in [4.78, 5) is 22.1. The van der Waals surface area contributed by atoms with Crippen molar-refractivity contribution in [3.63, 3.8) is 0 Å². The lowest BCUT2D eigenvalue weighted by molar-refractivity contribution is 0.0938. The Hall–Kier alpha value is -2.95. The Balaban J connectivity index is 1.52. The zero-order valence-electron chi connectivity index (χ0n) is 17.5. The summed E-state index contributed by atoms with van der Waals surface area (Å²) in [6.45, 7) is 3.44. The lowest BCUT2D eigenvalue weighted by Gasteiger charge is -2.19. The van der Waals surface area contributed by atoms with Crippen molar-refractivity contribution in [3.05, 3.63) is 76.7 Å². The molecule has 6 nitrogen and oxygen atoms in total. The number of hydrogen-bond donors (Lipinski definition) is 1. The molecule has 2 bridgehead atoms. The fourth-order valence-electron chi connectivity index (χ4n) is 4.85. The van der Waals surface area contributed by atoms with E-state index in [4.69, 9.17) is 16.6 Å². The fourth-order valence-corrected chi connectivity index (χ4v) is 5.92. The van der Waals surface area contributed by atoms with E-state index in [1.807, 2.05) is 42.5 Å². The number of nitrogens with zero attached hydrogens (tertiary/aromatic N) is 3. The first-order valence-corrected chi connectivity index (χ1v) is 13.4. The van der Waals surface area contributed by atoms with Gasteiger partial charge in [0.1, 0.15) is 13.0 Å². The molecule has 4 aromatic rings. The Morgan fingerprint density at radius 2 is 1.94 bits per heavy atom. The fraction of sp³-hybridized carbons (Fsp3) is 0.208. The van der Waals surface area contributed by atoms with Crippen LogP contribution in [0.3, 0.4) is 0 Å². The van der Waals surface area contributed by atoms with Crippen LogP contribution in [0, 0.1) is 0 Å². The second-order valence-corrected chi connectivity index (χ2v) is 12.3. The molecular weight excluding hydrogens is 443 g/mol. The normalized spacial score (nSPS) is 19.4. The second kappa shape index (κ2) is 6.77. The highest BCUT2D eigenvalue weighted by molar-refractivity contribution is 7.69. The van der Waals surface area contributed by atoms with Gasteiger partial charge in [0.05, 0.1) is 28.6 Å². The van der Waals surface area contributed by atoms with Gasteiger partial charge >= 0.3 is 0 Å². The van der Waals surface area contributed by atoms with Gasteiger partial charge < -0.3 is 14.4 Å². The maximum Gasteiger partial charge on any atom is 0.252 e. The van der Waals surface area contributed by atoms with Crippen molar-refractivity contribution in [2.45, 2.75) is 18.5 Å². The largest absolute Gasteiger partial charge is 0.342 e. The highest BCUT2D eigenvalue weighted by atomic mass is 35.5. The summed E-state index contributed by atoms with van der Waals surface area (Å²) in [5, 5.41) is 3.71. The molecule has 2 aromatic carbocycles. The molecule has 0 aliphatic carbocycles. The van der Waals surface area contributed by atoms with Crippen LogP contribution in [0.1, 0.15) is 40.3 Å². The first-order valence-electron chi connectivity index (χ1n) is 10.4. The SMILES string of the molecule is CP(C)(=O)c1ccc(-c2ccc3nc4n(c3c2)[C@@H]2C[C@H]4NC(=O)c3cccc(Cl)c32)cn1. The van der Waals surface area contributed by atoms with Crippen LogP contribution in [0.5, 0.6) is 0 Å². The molecule has 1 N–H and O–H groups in total. The van der Waals surface area contributed by atoms with E-state index in [1.54, 1.807) is 19.5 Å². The molecule has 1 amide bonds. The molecule has 0 unspecified atom stereocenters. The predicted molar refractivity (Wildman–Crippen MR) is 126 cm³/mol. The molecule has 2 aromatic heterocycles. The molecule has 32 heavy (non-hydrogen) atoms. The van der Waals surface area contributed by atoms with E-state index in [9.17, 15) is 9.36 Å². The number of nitrogens with one attached hydrogen (secondary N) is 1. The standard InChI is InChI=1S/C24H20ClN4O2P/c1-32(2,31)21-9-7-14(12-26-21)13-6-8-17-19(10-13)29-20-11-18(23(29)27-17)28-24(30)15-4-3-5-16(25)22(15)20/h3-10,12,18,20H,11H2,1-2H3,(H,28,30)/t18-,20-/m1/s1. The molecule has 0 spiro atoms. The Morgan fingerprint density at radius 3 is 2.69 bits per heavy atom. The second-order valence-electron chi connectivity index (χ2n) is 8.78. The molecule has 2 aliphatic heterocycles. The molecule has 6 rings (SSSR count). The van der Waals surface area contributed by atoms with Crippen molar-refractivity contribution >= 4 is 41.1 Å². The van der Waals surface area contributed by atoms with Gasteiger partial charge in [-0.15, -0.1) is 0 Å². The van der Waals surface area contributed by atoms with E-state index in [1.165, 1.54) is 0 Å². The highest BCUT2D eigenvalue weighted by Gasteiger charge is 2.41. The predicted octanol–water partition coefficient (Wildman–Crippen LogP) is 4.78. The number of carbonyl (C=O) groups excluding carboxylic acids is 1. The van der Waals surface area contributed by atoms with E-state index in [2.05, 4.69) is 20.9 Å². The molecule has 2 atom stereocenters. The summed E-state index contributed by atoms with van der Waals surface area (Å²) >= 11 is 6.59. The van der Waals surface area contributed by atoms with Crippen LogP contribution in [0.15, 0.2) is 54.7 Å². The number of pyridine rings is 1. The number of aromatic nitrogens is 3. The number of halogens is 1. The average Bonchev–Trinajstić information content (AvgIpc) is 3.25. The van der Waals surface area contributed by atoms with Crippen molar-refractivity contribution < 1.29 is 9.36 Å². The van der Waals surface area contributed by atoms with E-state index < -0.39 is 7.14 Å². The van der Waals surface area contributed by atoms with Gasteiger partial charge in [-0.3, -0.25) is 9.78 Å². The van der Waals surface area contributed by atoms with Gasteiger partial charge in [-0.05, 0) is 55.6 Å². The molecule has 160 valence electrons. The number of amides is 1. The van der Waals surface area contributed by atoms with Gasteiger partial charge in [-0.1, -0.05) is 29.8 Å². The Morgan fingerprint density at radius 1 is 1.12 bits per heavy atom. The van der Waals surface area contributed by atoms with Crippen molar-refractivity contribution in [1.29, 1.82) is 0 Å². The van der Waals surface area contributed by atoms with Crippen LogP contribution in [-0.4, -0.2) is 33.8 Å². The van der Waals surface area contributed by atoms with Crippen LogP contribution in [-0.2, 0) is 4.57 Å². The smallest absolute Gasteiger partial charge is 0.252 e. The summed E-state index contributed by atoms with van der Waals surface area (Å²) in [5.74, 6) is 0.747. The zero-order chi connectivity index (χ0) is 22.2. The minimum absolute atomic E-state index is 0.0653. The van der Waals surface area contributed by atoms with Gasteiger partial charge in [0.15, 0.2) is 0 Å². The highest BCUT2D eigenvalue weighted by Crippen LogP contribution is 2.46. The van der Waals surface area contributed by atoms with Gasteiger partial charge in [0, 0.05) is 27.9 Å². The summed E-state index contributed by atoms with van der Waals surface area (Å²) in [7, 11) is -2.40. The molecule has 0 saturated carbocycles. The first-order chi connectivity index (χ1) is 15.3. The van der Waals surface area contributed by atoms with Crippen LogP contribution < -0.4 is 10.8 Å². The lowest BCUT2D eigenvalue weighted by Crippen LogP contribution is -2.27. The number of benzene rings is 2. The van der Waals surface area contributed by atoms with Crippen molar-refractivity contribution in [2.24, 2.45) is 0 Å². The van der Waals surface area contributed by atoms with Crippen LogP contribution in [0.4, 0.5) is 0 Å². The third-order valence-electron chi connectivity index (χ3n) is 6.37. The molecule has 0 saturated heterocycles. The molecule has 8 heteroatoms. The third-order valence-corrected chi connectivity index (χ3v) is 8.07. The molecule has 0 fully saturated rings. The van der Waals surface area contributed by atoms with Gasteiger partial charge in [-0.25, -0.2) is 4.98 Å². The topological polar surface area (TPSA) is 76.9 Å². The number of rotatable bonds is 2. The average molecular weight is 463 g/mol. The third kappa shape index (κ3) is 2.86. The van der Waals surface area contributed by atoms with Crippen molar-refractivity contribution in [3.8, 4) is 11.1 Å². The van der Waals surface area contributed by atoms with Crippen LogP contribution >= 0.6 is 18.7 Å². The summed E-state index contributed by atoms with van der Waals surface area (Å²) in [5.41, 5.74) is 5.92. The quantitative estimate of drug-likeness (QED) is 0.435. The Bertz CT molecular complexity index is 1470. The summed E-state index contributed by atoms with van der Waals surface area (Å²) in [6, 6.07) is 15.2. The zero-order valence-corrected chi connectivity index (χ0v) is 19.2. The Labute approximate surface area is 190 Å². The van der Waals surface area contributed by atoms with E-state index in [-0.39, 0.29) is 18.0 Å². The van der Waals surface area contributed by atoms with Crippen LogP contribution in [0.2, 0.25) is 5.02 Å². The van der Waals surface area contributed by atoms with Crippen molar-refractivity contribution in [1.82, 2.24) is 19.9 Å². The van der Waals surface area contributed by atoms with E-state index >= 15 is 0 Å². The summed E-state index contributed by atoms with van der Waals surface area (Å²) < 4.78 is 14.5. The van der Waals surface area contributed by atoms with Crippen LogP contribution in [0.25, 0.3) is 22.2 Å². The minimum Gasteiger partial charge on any atom is -0.342 e. The number of carbonyl (C=O) groups is 1. The molecule has 0 radical (unpaired) electrons. The van der Waals surface area contributed by atoms with E-state index in [0.717, 1.165) is 40.0 Å². The number of fused-ring (bicyclic) bond motifs is 9. The maximum atomic E-state index is 12.8. The molecule has 2 aliphatic rings. The maximum absolute atomic E-state index is 12.8. The van der Waals surface area contributed by atoms with E-state index in [0.29, 0.717) is 16.0 Å². The van der Waals surface area contributed by atoms with Gasteiger partial charge in [0.2, 0.25) is 0 Å². The lowest BCUT2D eigenvalue weighted by atomic mass is 9.98. The molecular formula is C24H20ClN4O2P. The Kier molecular flexibility index (Phi) is 4.17. The number of imidazole rings is 1. The number of hydrogen-bond acceptors (Lipinski definition) is 4. The van der Waals surface area contributed by atoms with Gasteiger partial charge in [-0.2, -0.15) is 0 Å². The van der Waals surface area contributed by atoms with Gasteiger partial charge in [0.25, 0.3) is 5.91 Å². The monoisotopic (exact) mass is 462 g/mol. The first kappa shape index (κ1) is 19.7.